The van der Waals surface area contributed by atoms with E-state index in [1.807, 2.05) is 18.7 Å². The summed E-state index contributed by atoms with van der Waals surface area (Å²) in [4.78, 5) is 7.14. The van der Waals surface area contributed by atoms with Crippen molar-refractivity contribution in [2.75, 3.05) is 45.7 Å². The number of fused-ring (bicyclic) bond motifs is 1. The molecule has 0 amide bonds. The molecule has 2 N–H and O–H groups in total. The molecule has 3 rings (SSSR count). The van der Waals surface area contributed by atoms with Crippen molar-refractivity contribution >= 4 is 17.0 Å². The van der Waals surface area contributed by atoms with Gasteiger partial charge in [0.1, 0.15) is 5.75 Å². The highest BCUT2D eigenvalue weighted by Crippen LogP contribution is 2.27. The van der Waals surface area contributed by atoms with E-state index in [-0.39, 0.29) is 0 Å². The normalized spacial score (nSPS) is 15.4. The number of rotatable bonds is 7. The Labute approximate surface area is 137 Å². The maximum Gasteiger partial charge on any atom is 0.203 e. The predicted octanol–water partition coefficient (Wildman–Crippen LogP) is 1.81. The number of hydrogen-bond acceptors (Lipinski definition) is 5. The van der Waals surface area contributed by atoms with E-state index in [4.69, 9.17) is 4.74 Å². The van der Waals surface area contributed by atoms with Gasteiger partial charge in [-0.15, -0.1) is 0 Å². The van der Waals surface area contributed by atoms with Crippen molar-refractivity contribution in [1.82, 2.24) is 19.8 Å². The number of hydrogen-bond donors (Lipinski definition) is 2. The molecule has 1 aromatic carbocycles. The maximum atomic E-state index is 5.57. The Morgan fingerprint density at radius 1 is 1.26 bits per heavy atom. The minimum atomic E-state index is 0.804. The average molecular weight is 317 g/mol. The number of nitrogens with zero attached hydrogens (tertiary/aromatic N) is 3. The number of aryl methyl sites for hydroxylation is 1. The Bertz CT molecular complexity index is 661. The lowest BCUT2D eigenvalue weighted by Gasteiger charge is -2.15. The molecule has 6 nitrogen and oxygen atoms in total. The molecule has 0 atom stereocenters. The van der Waals surface area contributed by atoms with E-state index < -0.39 is 0 Å². The largest absolute Gasteiger partial charge is 0.496 e. The molecule has 0 radical (unpaired) electrons. The molecule has 1 fully saturated rings. The van der Waals surface area contributed by atoms with Crippen molar-refractivity contribution in [2.45, 2.75) is 19.4 Å². The minimum absolute atomic E-state index is 0.804. The first-order valence-electron chi connectivity index (χ1n) is 8.37. The van der Waals surface area contributed by atoms with Crippen molar-refractivity contribution in [2.24, 2.45) is 7.05 Å². The molecule has 2 heterocycles. The first-order valence-corrected chi connectivity index (χ1v) is 8.37. The zero-order valence-electron chi connectivity index (χ0n) is 14.4. The summed E-state index contributed by atoms with van der Waals surface area (Å²) in [5.41, 5.74) is 3.23. The van der Waals surface area contributed by atoms with Crippen LogP contribution in [0.4, 0.5) is 5.95 Å². The van der Waals surface area contributed by atoms with Crippen LogP contribution in [0.25, 0.3) is 11.0 Å². The van der Waals surface area contributed by atoms with E-state index in [2.05, 4.69) is 32.7 Å². The Hall–Kier alpha value is -1.79. The fourth-order valence-electron chi connectivity index (χ4n) is 3.28. The Balaban J connectivity index is 1.68. The number of benzene rings is 1. The van der Waals surface area contributed by atoms with Gasteiger partial charge in [0.25, 0.3) is 0 Å². The van der Waals surface area contributed by atoms with Crippen LogP contribution in [0.2, 0.25) is 0 Å². The topological polar surface area (TPSA) is 54.4 Å². The summed E-state index contributed by atoms with van der Waals surface area (Å²) in [6.45, 7) is 5.43. The lowest BCUT2D eigenvalue weighted by atomic mass is 10.1. The zero-order chi connectivity index (χ0) is 16.2. The number of methoxy groups -OCH3 is 1. The molecule has 1 aliphatic heterocycles. The van der Waals surface area contributed by atoms with Crippen LogP contribution >= 0.6 is 0 Å². The smallest absolute Gasteiger partial charge is 0.203 e. The van der Waals surface area contributed by atoms with Crippen LogP contribution in [-0.2, 0) is 13.6 Å². The molecule has 0 saturated carbocycles. The molecular weight excluding hydrogens is 290 g/mol. The van der Waals surface area contributed by atoms with Gasteiger partial charge in [0.05, 0.1) is 18.1 Å². The fourth-order valence-corrected chi connectivity index (χ4v) is 3.28. The molecule has 0 aliphatic carbocycles. The number of imidazole rings is 1. The number of ether oxygens (including phenoxy) is 1. The van der Waals surface area contributed by atoms with Gasteiger partial charge in [-0.25, -0.2) is 4.98 Å². The second-order valence-electron chi connectivity index (χ2n) is 6.12. The van der Waals surface area contributed by atoms with Crippen LogP contribution < -0.4 is 15.4 Å². The van der Waals surface area contributed by atoms with Gasteiger partial charge in [0.15, 0.2) is 0 Å². The molecule has 1 aromatic heterocycles. The highest BCUT2D eigenvalue weighted by atomic mass is 16.5. The zero-order valence-corrected chi connectivity index (χ0v) is 14.4. The van der Waals surface area contributed by atoms with Gasteiger partial charge < -0.3 is 24.8 Å². The standard InChI is InChI=1S/C17H27N5O/c1-18-17-20-14-10-13(16(23-3)11-15(14)21(17)2)12-19-6-9-22-7-4-5-8-22/h10-11,19H,4-9,12H2,1-3H3,(H,18,20). The quantitative estimate of drug-likeness (QED) is 0.763. The number of nitrogens with one attached hydrogen (secondary N) is 2. The molecule has 0 unspecified atom stereocenters. The number of anilines is 1. The average Bonchev–Trinajstić information content (AvgIpc) is 3.19. The van der Waals surface area contributed by atoms with Gasteiger partial charge >= 0.3 is 0 Å². The van der Waals surface area contributed by atoms with E-state index in [0.29, 0.717) is 0 Å². The van der Waals surface area contributed by atoms with Crippen LogP contribution in [0.1, 0.15) is 18.4 Å². The third kappa shape index (κ3) is 3.43. The SMILES string of the molecule is CNc1nc2cc(CNCCN3CCCC3)c(OC)cc2n1C. The first-order chi connectivity index (χ1) is 11.2. The van der Waals surface area contributed by atoms with Crippen LogP contribution in [0, 0.1) is 0 Å². The summed E-state index contributed by atoms with van der Waals surface area (Å²) in [7, 11) is 5.62. The summed E-state index contributed by atoms with van der Waals surface area (Å²) < 4.78 is 7.61. The molecule has 126 valence electrons. The predicted molar refractivity (Wildman–Crippen MR) is 94.2 cm³/mol. The third-order valence-corrected chi connectivity index (χ3v) is 4.63. The Kier molecular flexibility index (Phi) is 5.03. The van der Waals surface area contributed by atoms with Crippen molar-refractivity contribution in [3.05, 3.63) is 17.7 Å². The second kappa shape index (κ2) is 7.19. The first kappa shape index (κ1) is 16.1. The lowest BCUT2D eigenvalue weighted by molar-refractivity contribution is 0.335. The summed E-state index contributed by atoms with van der Waals surface area (Å²) >= 11 is 0. The van der Waals surface area contributed by atoms with Crippen LogP contribution in [0.15, 0.2) is 12.1 Å². The lowest BCUT2D eigenvalue weighted by Crippen LogP contribution is -2.29. The molecule has 1 saturated heterocycles. The highest BCUT2D eigenvalue weighted by molar-refractivity contribution is 5.81. The van der Waals surface area contributed by atoms with Gasteiger partial charge in [-0.1, -0.05) is 0 Å². The monoisotopic (exact) mass is 317 g/mol. The van der Waals surface area contributed by atoms with Gasteiger partial charge in [0, 0.05) is 45.4 Å². The molecule has 0 bridgehead atoms. The van der Waals surface area contributed by atoms with E-state index in [1.165, 1.54) is 25.9 Å². The van der Waals surface area contributed by atoms with Crippen molar-refractivity contribution in [3.8, 4) is 5.75 Å². The number of likely N-dealkylation sites (tertiary alicyclic amines) is 1. The van der Waals surface area contributed by atoms with Gasteiger partial charge in [-0.3, -0.25) is 0 Å². The van der Waals surface area contributed by atoms with Crippen LogP contribution in [0.3, 0.4) is 0 Å². The summed E-state index contributed by atoms with van der Waals surface area (Å²) in [6.07, 6.45) is 2.69. The van der Waals surface area contributed by atoms with Crippen molar-refractivity contribution in [3.63, 3.8) is 0 Å². The van der Waals surface area contributed by atoms with Gasteiger partial charge in [-0.2, -0.15) is 0 Å². The molecule has 23 heavy (non-hydrogen) atoms. The van der Waals surface area contributed by atoms with E-state index in [9.17, 15) is 0 Å². The van der Waals surface area contributed by atoms with Crippen LogP contribution in [0.5, 0.6) is 5.75 Å². The summed E-state index contributed by atoms with van der Waals surface area (Å²) in [5, 5.41) is 6.65. The minimum Gasteiger partial charge on any atom is -0.496 e. The molecule has 1 aliphatic rings. The van der Waals surface area contributed by atoms with Crippen LogP contribution in [-0.4, -0.2) is 54.8 Å². The molecule has 0 spiro atoms. The van der Waals surface area contributed by atoms with Crippen molar-refractivity contribution in [1.29, 1.82) is 0 Å². The van der Waals surface area contributed by atoms with E-state index >= 15 is 0 Å². The Morgan fingerprint density at radius 2 is 2.04 bits per heavy atom. The van der Waals surface area contributed by atoms with E-state index in [0.717, 1.165) is 47.9 Å². The summed E-state index contributed by atoms with van der Waals surface area (Å²) in [5.74, 6) is 1.78. The molecular formula is C17H27N5O. The fraction of sp³-hybridized carbons (Fsp3) is 0.588. The van der Waals surface area contributed by atoms with Gasteiger partial charge in [-0.05, 0) is 32.0 Å². The highest BCUT2D eigenvalue weighted by Gasteiger charge is 2.13. The van der Waals surface area contributed by atoms with Crippen molar-refractivity contribution < 1.29 is 4.74 Å². The van der Waals surface area contributed by atoms with E-state index in [1.54, 1.807) is 7.11 Å². The van der Waals surface area contributed by atoms with Gasteiger partial charge in [0.2, 0.25) is 5.95 Å². The molecule has 6 heteroatoms. The Morgan fingerprint density at radius 3 is 2.74 bits per heavy atom. The number of aromatic nitrogens is 2. The third-order valence-electron chi connectivity index (χ3n) is 4.63. The molecule has 2 aromatic rings. The second-order valence-corrected chi connectivity index (χ2v) is 6.12. The summed E-state index contributed by atoms with van der Waals surface area (Å²) in [6, 6.07) is 4.19. The maximum absolute atomic E-state index is 5.57.